The summed E-state index contributed by atoms with van der Waals surface area (Å²) in [6.07, 6.45) is 10.5. The average Bonchev–Trinajstić information content (AvgIpc) is 2.97. The van der Waals surface area contributed by atoms with Crippen LogP contribution in [-0.4, -0.2) is 16.1 Å². The van der Waals surface area contributed by atoms with Crippen molar-refractivity contribution in [2.24, 2.45) is 0 Å². The molecule has 0 saturated heterocycles. The zero-order valence-electron chi connectivity index (χ0n) is 14.4. The largest absolute Gasteiger partial charge is 0.478 e. The molecule has 2 N–H and O–H groups in total. The van der Waals surface area contributed by atoms with Gasteiger partial charge in [-0.05, 0) is 36.6 Å². The van der Waals surface area contributed by atoms with E-state index >= 15 is 0 Å². The first-order valence-corrected chi connectivity index (χ1v) is 8.97. The number of aromatic carboxylic acids is 1. The number of fused-ring (bicyclic) bond motifs is 1. The van der Waals surface area contributed by atoms with Crippen molar-refractivity contribution in [3.8, 4) is 0 Å². The first kappa shape index (κ1) is 17.6. The Morgan fingerprint density at radius 2 is 1.78 bits per heavy atom. The van der Waals surface area contributed by atoms with Gasteiger partial charge in [-0.1, -0.05) is 58.8 Å². The number of aromatic amines is 1. The van der Waals surface area contributed by atoms with Gasteiger partial charge in [-0.15, -0.1) is 0 Å². The van der Waals surface area contributed by atoms with Gasteiger partial charge in [-0.3, -0.25) is 0 Å². The first-order chi connectivity index (χ1) is 11.1. The Morgan fingerprint density at radius 1 is 1.09 bits per heavy atom. The Kier molecular flexibility index (Phi) is 6.69. The molecule has 0 saturated carbocycles. The second-order valence-electron chi connectivity index (χ2n) is 6.64. The zero-order valence-corrected chi connectivity index (χ0v) is 14.4. The van der Waals surface area contributed by atoms with Gasteiger partial charge in [0.05, 0.1) is 5.56 Å². The maximum Gasteiger partial charge on any atom is 0.335 e. The highest BCUT2D eigenvalue weighted by molar-refractivity contribution is 5.93. The van der Waals surface area contributed by atoms with E-state index in [2.05, 4.69) is 24.9 Å². The van der Waals surface area contributed by atoms with Gasteiger partial charge in [-0.2, -0.15) is 0 Å². The van der Waals surface area contributed by atoms with Crippen molar-refractivity contribution >= 4 is 16.9 Å². The van der Waals surface area contributed by atoms with E-state index < -0.39 is 5.97 Å². The average molecular weight is 315 g/mol. The molecular formula is C20H29NO2. The zero-order chi connectivity index (χ0) is 16.7. The lowest BCUT2D eigenvalue weighted by atomic mass is 9.99. The molecule has 1 aromatic heterocycles. The van der Waals surface area contributed by atoms with E-state index in [-0.39, 0.29) is 0 Å². The molecule has 0 aliphatic rings. The number of hydrogen-bond donors (Lipinski definition) is 2. The third-order valence-corrected chi connectivity index (χ3v) is 4.66. The highest BCUT2D eigenvalue weighted by Gasteiger charge is 2.10. The summed E-state index contributed by atoms with van der Waals surface area (Å²) in [4.78, 5) is 14.5. The fourth-order valence-electron chi connectivity index (χ4n) is 3.12. The summed E-state index contributed by atoms with van der Waals surface area (Å²) in [7, 11) is 0. The van der Waals surface area contributed by atoms with Crippen molar-refractivity contribution in [2.75, 3.05) is 0 Å². The molecule has 1 heterocycles. The highest BCUT2D eigenvalue weighted by Crippen LogP contribution is 2.26. The third-order valence-electron chi connectivity index (χ3n) is 4.66. The van der Waals surface area contributed by atoms with E-state index in [4.69, 9.17) is 5.11 Å². The van der Waals surface area contributed by atoms with Gasteiger partial charge in [-0.25, -0.2) is 4.79 Å². The van der Waals surface area contributed by atoms with Crippen LogP contribution in [0.4, 0.5) is 0 Å². The number of benzene rings is 1. The van der Waals surface area contributed by atoms with Crippen molar-refractivity contribution < 1.29 is 9.90 Å². The Morgan fingerprint density at radius 3 is 2.48 bits per heavy atom. The second kappa shape index (κ2) is 8.76. The van der Waals surface area contributed by atoms with Gasteiger partial charge in [0, 0.05) is 16.6 Å². The molecule has 1 unspecified atom stereocenters. The molecule has 23 heavy (non-hydrogen) atoms. The van der Waals surface area contributed by atoms with Crippen molar-refractivity contribution in [1.29, 1.82) is 0 Å². The molecule has 0 amide bonds. The molecule has 0 aliphatic heterocycles. The van der Waals surface area contributed by atoms with Crippen molar-refractivity contribution in [1.82, 2.24) is 4.98 Å². The fourth-order valence-corrected chi connectivity index (χ4v) is 3.12. The van der Waals surface area contributed by atoms with Crippen LogP contribution in [0.15, 0.2) is 24.3 Å². The van der Waals surface area contributed by atoms with Crippen LogP contribution in [0.3, 0.4) is 0 Å². The van der Waals surface area contributed by atoms with Gasteiger partial charge >= 0.3 is 5.97 Å². The maximum absolute atomic E-state index is 11.0. The molecule has 0 bridgehead atoms. The summed E-state index contributed by atoms with van der Waals surface area (Å²) in [5.41, 5.74) is 2.59. The Hall–Kier alpha value is -1.77. The second-order valence-corrected chi connectivity index (χ2v) is 6.64. The molecular weight excluding hydrogens is 286 g/mol. The predicted octanol–water partition coefficient (Wildman–Crippen LogP) is 6.11. The van der Waals surface area contributed by atoms with Crippen LogP contribution in [0.5, 0.6) is 0 Å². The molecule has 2 rings (SSSR count). The Bertz CT molecular complexity index is 630. The van der Waals surface area contributed by atoms with Gasteiger partial charge in [0.1, 0.15) is 0 Å². The number of rotatable bonds is 10. The number of hydrogen-bond acceptors (Lipinski definition) is 1. The van der Waals surface area contributed by atoms with Crippen LogP contribution in [0.1, 0.15) is 87.2 Å². The van der Waals surface area contributed by atoms with Gasteiger partial charge in [0.25, 0.3) is 0 Å². The molecule has 0 aliphatic carbocycles. The number of nitrogens with one attached hydrogen (secondary N) is 1. The van der Waals surface area contributed by atoms with E-state index in [1.165, 1.54) is 57.1 Å². The quantitative estimate of drug-likeness (QED) is 0.520. The number of aromatic nitrogens is 1. The van der Waals surface area contributed by atoms with Crippen molar-refractivity contribution in [3.05, 3.63) is 35.5 Å². The van der Waals surface area contributed by atoms with Crippen molar-refractivity contribution in [3.63, 3.8) is 0 Å². The minimum absolute atomic E-state index is 0.350. The minimum atomic E-state index is -0.870. The minimum Gasteiger partial charge on any atom is -0.478 e. The number of unbranched alkanes of at least 4 members (excludes halogenated alkanes) is 6. The van der Waals surface area contributed by atoms with E-state index in [0.717, 1.165) is 10.9 Å². The third kappa shape index (κ3) is 5.12. The standard InChI is InChI=1S/C20H29NO2/c1-3-4-5-6-7-8-9-10-15(2)19-14-17-13-16(20(22)23)11-12-18(17)21-19/h11-15,21H,3-10H2,1-2H3,(H,22,23). The van der Waals surface area contributed by atoms with Gasteiger partial charge in [0.15, 0.2) is 0 Å². The van der Waals surface area contributed by atoms with Crippen LogP contribution < -0.4 is 0 Å². The van der Waals surface area contributed by atoms with Gasteiger partial charge < -0.3 is 10.1 Å². The van der Waals surface area contributed by atoms with Crippen LogP contribution >= 0.6 is 0 Å². The lowest BCUT2D eigenvalue weighted by molar-refractivity contribution is 0.0697. The molecule has 1 atom stereocenters. The molecule has 2 aromatic rings. The van der Waals surface area contributed by atoms with Gasteiger partial charge in [0.2, 0.25) is 0 Å². The summed E-state index contributed by atoms with van der Waals surface area (Å²) in [6.45, 7) is 4.50. The van der Waals surface area contributed by atoms with Crippen LogP contribution in [0.2, 0.25) is 0 Å². The molecule has 126 valence electrons. The topological polar surface area (TPSA) is 53.1 Å². The van der Waals surface area contributed by atoms with Crippen molar-refractivity contribution in [2.45, 2.75) is 71.1 Å². The molecule has 3 nitrogen and oxygen atoms in total. The molecule has 1 aromatic carbocycles. The molecule has 3 heteroatoms. The monoisotopic (exact) mass is 315 g/mol. The summed E-state index contributed by atoms with van der Waals surface area (Å²) in [5, 5.41) is 10.1. The van der Waals surface area contributed by atoms with Crippen LogP contribution in [0, 0.1) is 0 Å². The fraction of sp³-hybridized carbons (Fsp3) is 0.550. The Labute approximate surface area is 139 Å². The Balaban J connectivity index is 1.83. The van der Waals surface area contributed by atoms with Crippen LogP contribution in [-0.2, 0) is 0 Å². The van der Waals surface area contributed by atoms with E-state index in [9.17, 15) is 4.79 Å². The SMILES string of the molecule is CCCCCCCCCC(C)c1cc2cc(C(=O)O)ccc2[nH]1. The summed E-state index contributed by atoms with van der Waals surface area (Å²) >= 11 is 0. The summed E-state index contributed by atoms with van der Waals surface area (Å²) in [5.74, 6) is -0.378. The normalized spacial score (nSPS) is 12.6. The number of carbonyl (C=O) groups is 1. The van der Waals surface area contributed by atoms with E-state index in [0.29, 0.717) is 11.5 Å². The lowest BCUT2D eigenvalue weighted by Crippen LogP contribution is -1.94. The van der Waals surface area contributed by atoms with E-state index in [1.807, 2.05) is 6.07 Å². The summed E-state index contributed by atoms with van der Waals surface area (Å²) < 4.78 is 0. The molecule has 0 spiro atoms. The lowest BCUT2D eigenvalue weighted by Gasteiger charge is -2.09. The molecule has 0 radical (unpaired) electrons. The summed E-state index contributed by atoms with van der Waals surface area (Å²) in [6, 6.07) is 7.38. The number of carboxylic acid groups (broad SMARTS) is 1. The molecule has 0 fully saturated rings. The number of carboxylic acids is 1. The smallest absolute Gasteiger partial charge is 0.335 e. The first-order valence-electron chi connectivity index (χ1n) is 8.97. The van der Waals surface area contributed by atoms with Crippen LogP contribution in [0.25, 0.3) is 10.9 Å². The maximum atomic E-state index is 11.0. The highest BCUT2D eigenvalue weighted by atomic mass is 16.4. The number of H-pyrrole nitrogens is 1. The van der Waals surface area contributed by atoms with E-state index in [1.54, 1.807) is 12.1 Å². The predicted molar refractivity (Wildman–Crippen MR) is 96.3 cm³/mol.